The minimum absolute atomic E-state index is 0.144. The molecule has 0 radical (unpaired) electrons. The van der Waals surface area contributed by atoms with Crippen molar-refractivity contribution in [3.8, 4) is 0 Å². The van der Waals surface area contributed by atoms with Crippen LogP contribution in [0.4, 0.5) is 4.39 Å². The van der Waals surface area contributed by atoms with Crippen LogP contribution in [0.25, 0.3) is 0 Å². The Labute approximate surface area is 132 Å². The number of hydrogen-bond acceptors (Lipinski definition) is 4. The van der Waals surface area contributed by atoms with Gasteiger partial charge in [0.05, 0.1) is 28.2 Å². The van der Waals surface area contributed by atoms with Crippen molar-refractivity contribution in [1.82, 2.24) is 4.72 Å². The monoisotopic (exact) mass is 341 g/mol. The number of halogens is 1. The standard InChI is InChI=1S/C15H16FNO5S/c16-11-4-9(13(18)19)5-12(6-11)23(20,21)17-15-7-10(15)8-22-14(15)2-1-3-14/h4-6,10,17H,1-3,7-8H2,(H,18,19)/t10-,15+/m0/s1. The second kappa shape index (κ2) is 4.52. The summed E-state index contributed by atoms with van der Waals surface area (Å²) in [6, 6.07) is 2.61. The van der Waals surface area contributed by atoms with E-state index in [1.54, 1.807) is 0 Å². The Morgan fingerprint density at radius 3 is 2.65 bits per heavy atom. The molecule has 8 heteroatoms. The summed E-state index contributed by atoms with van der Waals surface area (Å²) in [4.78, 5) is 10.6. The van der Waals surface area contributed by atoms with Gasteiger partial charge in [0.1, 0.15) is 5.82 Å². The first-order chi connectivity index (χ1) is 10.8. The van der Waals surface area contributed by atoms with Gasteiger partial charge in [-0.25, -0.2) is 22.3 Å². The zero-order valence-electron chi connectivity index (χ0n) is 12.2. The van der Waals surface area contributed by atoms with Crippen LogP contribution >= 0.6 is 0 Å². The number of sulfonamides is 1. The summed E-state index contributed by atoms with van der Waals surface area (Å²) in [5.41, 5.74) is -1.44. The molecule has 1 aromatic rings. The number of carboxylic acids is 1. The summed E-state index contributed by atoms with van der Waals surface area (Å²) in [6.45, 7) is 0.534. The highest BCUT2D eigenvalue weighted by molar-refractivity contribution is 7.89. The maximum absolute atomic E-state index is 13.6. The second-order valence-electron chi connectivity index (χ2n) is 6.62. The molecular formula is C15H16FNO5S. The van der Waals surface area contributed by atoms with Crippen LogP contribution in [0.5, 0.6) is 0 Å². The predicted octanol–water partition coefficient (Wildman–Crippen LogP) is 1.51. The number of hydrogen-bond donors (Lipinski definition) is 2. The summed E-state index contributed by atoms with van der Waals surface area (Å²) < 4.78 is 47.4. The van der Waals surface area contributed by atoms with Crippen LogP contribution in [0.1, 0.15) is 36.0 Å². The molecule has 2 N–H and O–H groups in total. The Morgan fingerprint density at radius 1 is 1.35 bits per heavy atom. The highest BCUT2D eigenvalue weighted by atomic mass is 32.2. The fourth-order valence-electron chi connectivity index (χ4n) is 3.92. The molecule has 2 saturated carbocycles. The smallest absolute Gasteiger partial charge is 0.335 e. The minimum atomic E-state index is -4.02. The number of nitrogens with one attached hydrogen (secondary N) is 1. The van der Waals surface area contributed by atoms with Crippen LogP contribution in [0.2, 0.25) is 0 Å². The summed E-state index contributed by atoms with van der Waals surface area (Å²) in [5.74, 6) is -2.12. The quantitative estimate of drug-likeness (QED) is 0.866. The molecule has 1 aliphatic heterocycles. The fraction of sp³-hybridized carbons (Fsp3) is 0.533. The highest BCUT2D eigenvalue weighted by Crippen LogP contribution is 2.65. The zero-order valence-corrected chi connectivity index (χ0v) is 13.0. The topological polar surface area (TPSA) is 92.7 Å². The van der Waals surface area contributed by atoms with Gasteiger partial charge in [-0.15, -0.1) is 0 Å². The number of fused-ring (bicyclic) bond motifs is 2. The molecule has 0 unspecified atom stereocenters. The molecule has 2 atom stereocenters. The number of carbonyl (C=O) groups is 1. The first kappa shape index (κ1) is 15.0. The van der Waals surface area contributed by atoms with Crippen molar-refractivity contribution in [3.63, 3.8) is 0 Å². The van der Waals surface area contributed by atoms with Crippen LogP contribution in [0.3, 0.4) is 0 Å². The van der Waals surface area contributed by atoms with Crippen LogP contribution in [-0.4, -0.2) is 37.2 Å². The molecule has 3 fully saturated rings. The summed E-state index contributed by atoms with van der Waals surface area (Å²) in [7, 11) is -4.02. The average Bonchev–Trinajstić information content (AvgIpc) is 3.01. The van der Waals surface area contributed by atoms with Crippen molar-refractivity contribution in [2.24, 2.45) is 5.92 Å². The molecular weight excluding hydrogens is 325 g/mol. The van der Waals surface area contributed by atoms with E-state index in [4.69, 9.17) is 9.84 Å². The number of aromatic carboxylic acids is 1. The largest absolute Gasteiger partial charge is 0.478 e. The van der Waals surface area contributed by atoms with E-state index < -0.39 is 38.5 Å². The van der Waals surface area contributed by atoms with Crippen LogP contribution < -0.4 is 4.72 Å². The lowest BCUT2D eigenvalue weighted by molar-refractivity contribution is -0.0917. The van der Waals surface area contributed by atoms with E-state index in [-0.39, 0.29) is 10.8 Å². The number of rotatable bonds is 4. The van der Waals surface area contributed by atoms with Gasteiger partial charge in [-0.05, 0) is 43.9 Å². The van der Waals surface area contributed by atoms with E-state index in [0.29, 0.717) is 13.0 Å². The van der Waals surface area contributed by atoms with Gasteiger partial charge in [0, 0.05) is 5.92 Å². The van der Waals surface area contributed by atoms with Gasteiger partial charge in [0.25, 0.3) is 0 Å². The maximum atomic E-state index is 13.6. The molecule has 23 heavy (non-hydrogen) atoms. The van der Waals surface area contributed by atoms with E-state index in [1.807, 2.05) is 0 Å². The molecule has 1 aromatic carbocycles. The lowest BCUT2D eigenvalue weighted by atomic mass is 9.73. The Kier molecular flexibility index (Phi) is 2.96. The lowest BCUT2D eigenvalue weighted by Gasteiger charge is -2.45. The third-order valence-corrected chi connectivity index (χ3v) is 6.87. The van der Waals surface area contributed by atoms with Crippen molar-refractivity contribution < 1.29 is 27.4 Å². The minimum Gasteiger partial charge on any atom is -0.478 e. The van der Waals surface area contributed by atoms with Crippen molar-refractivity contribution >= 4 is 16.0 Å². The molecule has 1 heterocycles. The van der Waals surface area contributed by atoms with Crippen molar-refractivity contribution in [1.29, 1.82) is 0 Å². The predicted molar refractivity (Wildman–Crippen MR) is 77.1 cm³/mol. The summed E-state index contributed by atoms with van der Waals surface area (Å²) in [6.07, 6.45) is 3.34. The Bertz CT molecular complexity index is 804. The number of ether oxygens (including phenoxy) is 1. The molecule has 124 valence electrons. The average molecular weight is 341 g/mol. The van der Waals surface area contributed by atoms with Gasteiger partial charge in [-0.1, -0.05) is 0 Å². The molecule has 2 aliphatic carbocycles. The fourth-order valence-corrected chi connectivity index (χ4v) is 5.51. The molecule has 1 spiro atoms. The van der Waals surface area contributed by atoms with Crippen LogP contribution in [0.15, 0.2) is 23.1 Å². The SMILES string of the molecule is O=C(O)c1cc(F)cc(S(=O)(=O)N[C@]23C[C@H]2COC32CCC2)c1. The Hall–Kier alpha value is -1.51. The van der Waals surface area contributed by atoms with Gasteiger partial charge in [0.15, 0.2) is 0 Å². The van der Waals surface area contributed by atoms with Crippen molar-refractivity contribution in [2.75, 3.05) is 6.61 Å². The summed E-state index contributed by atoms with van der Waals surface area (Å²) >= 11 is 0. The molecule has 0 amide bonds. The Balaban J connectivity index is 1.68. The molecule has 3 aliphatic rings. The molecule has 1 saturated heterocycles. The van der Waals surface area contributed by atoms with Gasteiger partial charge >= 0.3 is 5.97 Å². The zero-order chi connectivity index (χ0) is 16.5. The van der Waals surface area contributed by atoms with E-state index in [9.17, 15) is 17.6 Å². The molecule has 4 rings (SSSR count). The molecule has 0 aromatic heterocycles. The van der Waals surface area contributed by atoms with Crippen molar-refractivity contribution in [2.45, 2.75) is 41.7 Å². The van der Waals surface area contributed by atoms with Crippen LogP contribution in [-0.2, 0) is 14.8 Å². The number of carboxylic acid groups (broad SMARTS) is 1. The van der Waals surface area contributed by atoms with Gasteiger partial charge in [-0.3, -0.25) is 0 Å². The molecule has 0 bridgehead atoms. The summed E-state index contributed by atoms with van der Waals surface area (Å²) in [5, 5.41) is 8.97. The third kappa shape index (κ3) is 2.05. The van der Waals surface area contributed by atoms with E-state index in [1.165, 1.54) is 0 Å². The Morgan fingerprint density at radius 2 is 2.09 bits per heavy atom. The van der Waals surface area contributed by atoms with Crippen LogP contribution in [0, 0.1) is 11.7 Å². The van der Waals surface area contributed by atoms with E-state index in [0.717, 1.165) is 37.5 Å². The third-order valence-electron chi connectivity index (χ3n) is 5.39. The first-order valence-corrected chi connectivity index (χ1v) is 8.98. The van der Waals surface area contributed by atoms with Gasteiger partial charge in [0.2, 0.25) is 10.0 Å². The number of benzene rings is 1. The first-order valence-electron chi connectivity index (χ1n) is 7.50. The van der Waals surface area contributed by atoms with E-state index >= 15 is 0 Å². The van der Waals surface area contributed by atoms with Gasteiger partial charge in [-0.2, -0.15) is 0 Å². The second-order valence-corrected chi connectivity index (χ2v) is 8.30. The lowest BCUT2D eigenvalue weighted by Crippen LogP contribution is -2.58. The molecule has 6 nitrogen and oxygen atoms in total. The normalized spacial score (nSPS) is 30.7. The van der Waals surface area contributed by atoms with Crippen molar-refractivity contribution in [3.05, 3.63) is 29.6 Å². The van der Waals surface area contributed by atoms with Gasteiger partial charge < -0.3 is 9.84 Å². The van der Waals surface area contributed by atoms with E-state index in [2.05, 4.69) is 4.72 Å². The maximum Gasteiger partial charge on any atom is 0.335 e. The highest BCUT2D eigenvalue weighted by Gasteiger charge is 2.74.